The fourth-order valence-electron chi connectivity index (χ4n) is 1.91. The van der Waals surface area contributed by atoms with Crippen molar-refractivity contribution in [3.63, 3.8) is 0 Å². The van der Waals surface area contributed by atoms with E-state index in [1.54, 1.807) is 0 Å². The Bertz CT molecular complexity index is 289. The van der Waals surface area contributed by atoms with Crippen LogP contribution in [-0.4, -0.2) is 54.1 Å². The fraction of sp³-hybridized carbons (Fsp3) is 0.818. The molecule has 5 nitrogen and oxygen atoms in total. The SMILES string of the molecule is CC(=O)N1C(=O)C[C@H](N(C)C)[C@H]1OC(C)C. The van der Waals surface area contributed by atoms with Gasteiger partial charge in [0.05, 0.1) is 12.1 Å². The number of amides is 2. The Morgan fingerprint density at radius 2 is 2.06 bits per heavy atom. The van der Waals surface area contributed by atoms with E-state index in [0.717, 1.165) is 0 Å². The molecular formula is C11H20N2O3. The van der Waals surface area contributed by atoms with Gasteiger partial charge in [-0.25, -0.2) is 0 Å². The molecule has 1 rings (SSSR count). The monoisotopic (exact) mass is 228 g/mol. The van der Waals surface area contributed by atoms with Gasteiger partial charge in [0, 0.05) is 13.3 Å². The number of nitrogens with zero attached hydrogens (tertiary/aromatic N) is 2. The molecule has 0 aliphatic carbocycles. The van der Waals surface area contributed by atoms with Crippen LogP contribution in [0.2, 0.25) is 0 Å². The summed E-state index contributed by atoms with van der Waals surface area (Å²) in [4.78, 5) is 26.3. The van der Waals surface area contributed by atoms with Gasteiger partial charge in [0.1, 0.15) is 0 Å². The topological polar surface area (TPSA) is 49.9 Å². The molecule has 1 heterocycles. The third-order valence-corrected chi connectivity index (χ3v) is 2.65. The molecule has 0 N–H and O–H groups in total. The highest BCUT2D eigenvalue weighted by atomic mass is 16.5. The highest BCUT2D eigenvalue weighted by Crippen LogP contribution is 2.24. The smallest absolute Gasteiger partial charge is 0.233 e. The highest BCUT2D eigenvalue weighted by Gasteiger charge is 2.44. The van der Waals surface area contributed by atoms with Gasteiger partial charge in [-0.15, -0.1) is 0 Å². The van der Waals surface area contributed by atoms with Crippen LogP contribution >= 0.6 is 0 Å². The number of likely N-dealkylation sites (tertiary alicyclic amines) is 1. The summed E-state index contributed by atoms with van der Waals surface area (Å²) in [5, 5.41) is 0. The van der Waals surface area contributed by atoms with Crippen molar-refractivity contribution in [3.05, 3.63) is 0 Å². The van der Waals surface area contributed by atoms with E-state index in [4.69, 9.17) is 4.74 Å². The van der Waals surface area contributed by atoms with Crippen LogP contribution in [0.1, 0.15) is 27.2 Å². The minimum Gasteiger partial charge on any atom is -0.353 e. The van der Waals surface area contributed by atoms with Gasteiger partial charge in [0.15, 0.2) is 6.23 Å². The number of rotatable bonds is 3. The third-order valence-electron chi connectivity index (χ3n) is 2.65. The maximum Gasteiger partial charge on any atom is 0.233 e. The standard InChI is InChI=1S/C11H20N2O3/c1-7(2)16-11-9(12(4)5)6-10(15)13(11)8(3)14/h7,9,11H,6H2,1-5H3/t9-,11+/m0/s1. The minimum absolute atomic E-state index is 0.0137. The van der Waals surface area contributed by atoms with Crippen LogP contribution in [0, 0.1) is 0 Å². The summed E-state index contributed by atoms with van der Waals surface area (Å²) < 4.78 is 5.67. The van der Waals surface area contributed by atoms with Gasteiger partial charge in [-0.2, -0.15) is 0 Å². The Hall–Kier alpha value is -0.940. The van der Waals surface area contributed by atoms with Crippen molar-refractivity contribution in [2.75, 3.05) is 14.1 Å². The van der Waals surface area contributed by atoms with Crippen LogP contribution in [0.4, 0.5) is 0 Å². The molecule has 0 aromatic carbocycles. The third kappa shape index (κ3) is 2.59. The van der Waals surface area contributed by atoms with Crippen molar-refractivity contribution in [2.45, 2.75) is 45.6 Å². The van der Waals surface area contributed by atoms with Gasteiger partial charge in [0.2, 0.25) is 11.8 Å². The molecule has 1 saturated heterocycles. The first-order chi connectivity index (χ1) is 7.34. The molecule has 2 atom stereocenters. The first-order valence-electron chi connectivity index (χ1n) is 5.49. The van der Waals surface area contributed by atoms with Crippen LogP contribution in [0.3, 0.4) is 0 Å². The lowest BCUT2D eigenvalue weighted by Gasteiger charge is -2.30. The predicted octanol–water partition coefficient (Wildman–Crippen LogP) is 0.446. The Morgan fingerprint density at radius 1 is 1.50 bits per heavy atom. The summed E-state index contributed by atoms with van der Waals surface area (Å²) in [6.45, 7) is 5.19. The van der Waals surface area contributed by atoms with Gasteiger partial charge in [-0.1, -0.05) is 0 Å². The minimum atomic E-state index is -0.458. The number of carbonyl (C=O) groups excluding carboxylic acids is 2. The number of hydrogen-bond acceptors (Lipinski definition) is 4. The van der Waals surface area contributed by atoms with E-state index in [-0.39, 0.29) is 24.0 Å². The van der Waals surface area contributed by atoms with Crippen LogP contribution in [0.15, 0.2) is 0 Å². The molecule has 1 aliphatic rings. The van der Waals surface area contributed by atoms with Crippen LogP contribution in [-0.2, 0) is 14.3 Å². The normalized spacial score (nSPS) is 25.9. The van der Waals surface area contributed by atoms with E-state index in [1.165, 1.54) is 11.8 Å². The molecule has 1 fully saturated rings. The molecule has 92 valence electrons. The Kier molecular flexibility index (Phi) is 4.04. The van der Waals surface area contributed by atoms with E-state index >= 15 is 0 Å². The van der Waals surface area contributed by atoms with E-state index in [0.29, 0.717) is 6.42 Å². The second-order valence-corrected chi connectivity index (χ2v) is 4.59. The van der Waals surface area contributed by atoms with Gasteiger partial charge < -0.3 is 9.64 Å². The van der Waals surface area contributed by atoms with Gasteiger partial charge >= 0.3 is 0 Å². The second kappa shape index (κ2) is 4.93. The van der Waals surface area contributed by atoms with E-state index in [2.05, 4.69) is 0 Å². The Morgan fingerprint density at radius 3 is 2.44 bits per heavy atom. The summed E-state index contributed by atoms with van der Waals surface area (Å²) in [5.41, 5.74) is 0. The fourth-order valence-corrected chi connectivity index (χ4v) is 1.91. The molecular weight excluding hydrogens is 208 g/mol. The Labute approximate surface area is 96.3 Å². The molecule has 0 saturated carbocycles. The van der Waals surface area contributed by atoms with Crippen molar-refractivity contribution in [3.8, 4) is 0 Å². The quantitative estimate of drug-likeness (QED) is 0.703. The summed E-state index contributed by atoms with van der Waals surface area (Å²) in [6, 6.07) is -0.0567. The van der Waals surface area contributed by atoms with Gasteiger partial charge in [-0.05, 0) is 27.9 Å². The molecule has 5 heteroatoms. The summed E-state index contributed by atoms with van der Waals surface area (Å²) in [7, 11) is 3.77. The largest absolute Gasteiger partial charge is 0.353 e. The molecule has 1 aliphatic heterocycles. The molecule has 0 radical (unpaired) electrons. The zero-order chi connectivity index (χ0) is 12.5. The van der Waals surface area contributed by atoms with E-state index in [1.807, 2.05) is 32.8 Å². The maximum absolute atomic E-state index is 11.7. The molecule has 0 unspecified atom stereocenters. The first kappa shape index (κ1) is 13.1. The number of likely N-dealkylation sites (N-methyl/N-ethyl adjacent to an activating group) is 1. The van der Waals surface area contributed by atoms with Crippen LogP contribution in [0.25, 0.3) is 0 Å². The molecule has 0 bridgehead atoms. The summed E-state index contributed by atoms with van der Waals surface area (Å²) in [6.07, 6.45) is -0.135. The Balaban J connectivity index is 2.90. The zero-order valence-corrected chi connectivity index (χ0v) is 10.6. The predicted molar refractivity (Wildman–Crippen MR) is 59.6 cm³/mol. The van der Waals surface area contributed by atoms with Crippen LogP contribution < -0.4 is 0 Å². The summed E-state index contributed by atoms with van der Waals surface area (Å²) in [5.74, 6) is -0.406. The first-order valence-corrected chi connectivity index (χ1v) is 5.49. The molecule has 0 aromatic heterocycles. The number of hydrogen-bond donors (Lipinski definition) is 0. The van der Waals surface area contributed by atoms with Crippen molar-refractivity contribution < 1.29 is 14.3 Å². The van der Waals surface area contributed by atoms with Crippen molar-refractivity contribution in [2.24, 2.45) is 0 Å². The van der Waals surface area contributed by atoms with Gasteiger partial charge in [0.25, 0.3) is 0 Å². The lowest BCUT2D eigenvalue weighted by Crippen LogP contribution is -2.47. The molecule has 0 spiro atoms. The average molecular weight is 228 g/mol. The van der Waals surface area contributed by atoms with Gasteiger partial charge in [-0.3, -0.25) is 14.5 Å². The lowest BCUT2D eigenvalue weighted by molar-refractivity contribution is -0.157. The maximum atomic E-state index is 11.7. The highest BCUT2D eigenvalue weighted by molar-refractivity contribution is 5.96. The average Bonchev–Trinajstić information content (AvgIpc) is 2.41. The van der Waals surface area contributed by atoms with Crippen molar-refractivity contribution in [1.29, 1.82) is 0 Å². The molecule has 2 amide bonds. The molecule has 0 aromatic rings. The lowest BCUT2D eigenvalue weighted by atomic mass is 10.2. The number of carbonyl (C=O) groups is 2. The van der Waals surface area contributed by atoms with E-state index < -0.39 is 6.23 Å². The zero-order valence-electron chi connectivity index (χ0n) is 10.6. The second-order valence-electron chi connectivity index (χ2n) is 4.59. The molecule has 16 heavy (non-hydrogen) atoms. The van der Waals surface area contributed by atoms with Crippen molar-refractivity contribution >= 4 is 11.8 Å². The van der Waals surface area contributed by atoms with E-state index in [9.17, 15) is 9.59 Å². The summed E-state index contributed by atoms with van der Waals surface area (Å²) >= 11 is 0. The van der Waals surface area contributed by atoms with Crippen LogP contribution in [0.5, 0.6) is 0 Å². The number of ether oxygens (including phenoxy) is 1. The number of imide groups is 1. The van der Waals surface area contributed by atoms with Crippen molar-refractivity contribution in [1.82, 2.24) is 9.80 Å².